The molecule has 0 fully saturated rings. The van der Waals surface area contributed by atoms with Crippen LogP contribution in [0.1, 0.15) is 4.88 Å². The van der Waals surface area contributed by atoms with Crippen molar-refractivity contribution < 1.29 is 5.11 Å². The Morgan fingerprint density at radius 1 is 1.64 bits per heavy atom. The second-order valence-corrected chi connectivity index (χ2v) is 3.78. The number of aliphatic hydroxyl groups excluding tert-OH is 1. The molecular formula is C9H15N3OS. The van der Waals surface area contributed by atoms with Gasteiger partial charge in [-0.15, -0.1) is 11.3 Å². The highest BCUT2D eigenvalue weighted by Crippen LogP contribution is 2.07. The Kier molecular flexibility index (Phi) is 5.03. The van der Waals surface area contributed by atoms with Crippen molar-refractivity contribution >= 4 is 17.3 Å². The molecule has 0 aliphatic rings. The van der Waals surface area contributed by atoms with Gasteiger partial charge in [0.15, 0.2) is 5.96 Å². The standard InChI is InChI=1S/C9H15N3OS/c10-9(12-5-6-13)11-4-3-8-2-1-7-14-8/h1-2,7,13H,3-6H2,(H3,10,11,12). The summed E-state index contributed by atoms with van der Waals surface area (Å²) in [7, 11) is 0. The largest absolute Gasteiger partial charge is 0.394 e. The van der Waals surface area contributed by atoms with Crippen LogP contribution in [-0.4, -0.2) is 30.8 Å². The summed E-state index contributed by atoms with van der Waals surface area (Å²) >= 11 is 1.73. The number of hydrogen-bond donors (Lipinski definition) is 3. The van der Waals surface area contributed by atoms with Gasteiger partial charge in [0.05, 0.1) is 13.2 Å². The highest BCUT2D eigenvalue weighted by atomic mass is 32.1. The predicted molar refractivity (Wildman–Crippen MR) is 59.6 cm³/mol. The summed E-state index contributed by atoms with van der Waals surface area (Å²) in [6, 6.07) is 4.12. The summed E-state index contributed by atoms with van der Waals surface area (Å²) in [5.74, 6) is 0.399. The predicted octanol–water partition coefficient (Wildman–Crippen LogP) is 0.187. The van der Waals surface area contributed by atoms with Crippen molar-refractivity contribution in [1.29, 1.82) is 0 Å². The maximum Gasteiger partial charge on any atom is 0.188 e. The maximum absolute atomic E-state index is 8.50. The van der Waals surface area contributed by atoms with E-state index in [0.29, 0.717) is 12.5 Å². The molecule has 0 saturated heterocycles. The summed E-state index contributed by atoms with van der Waals surface area (Å²) in [6.07, 6.45) is 0.951. The minimum atomic E-state index is 0.0350. The number of rotatable bonds is 5. The molecule has 1 aromatic rings. The van der Waals surface area contributed by atoms with Crippen LogP contribution in [0.5, 0.6) is 0 Å². The van der Waals surface area contributed by atoms with Crippen LogP contribution in [0.2, 0.25) is 0 Å². The Hall–Kier alpha value is -1.07. The van der Waals surface area contributed by atoms with E-state index in [1.165, 1.54) is 4.88 Å². The number of nitrogens with two attached hydrogens (primary N) is 1. The van der Waals surface area contributed by atoms with Crippen LogP contribution in [-0.2, 0) is 6.42 Å². The lowest BCUT2D eigenvalue weighted by molar-refractivity contribution is 0.306. The van der Waals surface area contributed by atoms with E-state index < -0.39 is 0 Å². The molecule has 0 bridgehead atoms. The summed E-state index contributed by atoms with van der Waals surface area (Å²) in [5.41, 5.74) is 5.53. The third-order valence-corrected chi connectivity index (χ3v) is 2.58. The van der Waals surface area contributed by atoms with Gasteiger partial charge in [0.1, 0.15) is 0 Å². The topological polar surface area (TPSA) is 70.6 Å². The summed E-state index contributed by atoms with van der Waals surface area (Å²) in [4.78, 5) is 5.22. The highest BCUT2D eigenvalue weighted by molar-refractivity contribution is 7.09. The van der Waals surface area contributed by atoms with E-state index in [-0.39, 0.29) is 6.61 Å². The van der Waals surface area contributed by atoms with Gasteiger partial charge in [-0.2, -0.15) is 0 Å². The van der Waals surface area contributed by atoms with E-state index in [1.54, 1.807) is 11.3 Å². The van der Waals surface area contributed by atoms with Gasteiger partial charge in [-0.1, -0.05) is 6.07 Å². The molecule has 4 nitrogen and oxygen atoms in total. The van der Waals surface area contributed by atoms with Gasteiger partial charge in [-0.3, -0.25) is 4.99 Å². The molecule has 1 heterocycles. The molecule has 4 N–H and O–H groups in total. The molecule has 0 amide bonds. The van der Waals surface area contributed by atoms with E-state index in [1.807, 2.05) is 6.07 Å². The van der Waals surface area contributed by atoms with Crippen molar-refractivity contribution in [2.75, 3.05) is 19.7 Å². The lowest BCUT2D eigenvalue weighted by Gasteiger charge is -2.03. The first kappa shape index (κ1) is 11.0. The Morgan fingerprint density at radius 2 is 2.50 bits per heavy atom. The second-order valence-electron chi connectivity index (χ2n) is 2.75. The minimum Gasteiger partial charge on any atom is -0.394 e. The number of nitrogens with zero attached hydrogens (tertiary/aromatic N) is 1. The number of aliphatic hydroxyl groups is 1. The van der Waals surface area contributed by atoms with Gasteiger partial charge >= 0.3 is 0 Å². The first-order valence-corrected chi connectivity index (χ1v) is 5.38. The molecule has 0 aromatic carbocycles. The fourth-order valence-electron chi connectivity index (χ4n) is 0.995. The monoisotopic (exact) mass is 213 g/mol. The van der Waals surface area contributed by atoms with Crippen molar-refractivity contribution in [3.8, 4) is 0 Å². The number of aliphatic imine (C=N–C) groups is 1. The van der Waals surface area contributed by atoms with Crippen LogP contribution in [0.3, 0.4) is 0 Å². The number of nitrogens with one attached hydrogen (secondary N) is 1. The van der Waals surface area contributed by atoms with Crippen LogP contribution in [0, 0.1) is 0 Å². The van der Waals surface area contributed by atoms with Gasteiger partial charge in [-0.05, 0) is 17.9 Å². The third kappa shape index (κ3) is 4.25. The number of guanidine groups is 1. The van der Waals surface area contributed by atoms with Gasteiger partial charge in [0, 0.05) is 11.4 Å². The average Bonchev–Trinajstić information content (AvgIpc) is 2.67. The van der Waals surface area contributed by atoms with Crippen molar-refractivity contribution in [3.63, 3.8) is 0 Å². The molecule has 0 radical (unpaired) electrons. The fourth-order valence-corrected chi connectivity index (χ4v) is 1.70. The quantitative estimate of drug-likeness (QED) is 0.483. The lowest BCUT2D eigenvalue weighted by atomic mass is 10.3. The molecule has 14 heavy (non-hydrogen) atoms. The van der Waals surface area contributed by atoms with E-state index >= 15 is 0 Å². The average molecular weight is 213 g/mol. The molecule has 1 aromatic heterocycles. The Morgan fingerprint density at radius 3 is 3.14 bits per heavy atom. The zero-order chi connectivity index (χ0) is 10.2. The molecule has 0 saturated carbocycles. The Bertz CT molecular complexity index is 272. The molecule has 0 atom stereocenters. The van der Waals surface area contributed by atoms with E-state index in [9.17, 15) is 0 Å². The maximum atomic E-state index is 8.50. The highest BCUT2D eigenvalue weighted by Gasteiger charge is 1.94. The Balaban J connectivity index is 2.15. The molecule has 0 spiro atoms. The summed E-state index contributed by atoms with van der Waals surface area (Å²) in [5, 5.41) is 13.5. The minimum absolute atomic E-state index is 0.0350. The molecule has 0 aliphatic heterocycles. The normalized spacial score (nSPS) is 11.6. The van der Waals surface area contributed by atoms with Crippen LogP contribution in [0.25, 0.3) is 0 Å². The van der Waals surface area contributed by atoms with Crippen LogP contribution >= 0.6 is 11.3 Å². The van der Waals surface area contributed by atoms with Crippen molar-refractivity contribution in [2.24, 2.45) is 10.7 Å². The van der Waals surface area contributed by atoms with Crippen molar-refractivity contribution in [3.05, 3.63) is 22.4 Å². The van der Waals surface area contributed by atoms with Crippen LogP contribution in [0.4, 0.5) is 0 Å². The first-order valence-electron chi connectivity index (χ1n) is 4.50. The van der Waals surface area contributed by atoms with Crippen molar-refractivity contribution in [2.45, 2.75) is 6.42 Å². The first-order chi connectivity index (χ1) is 6.83. The van der Waals surface area contributed by atoms with Gasteiger partial charge in [0.2, 0.25) is 0 Å². The molecule has 1 rings (SSSR count). The molecule has 78 valence electrons. The third-order valence-electron chi connectivity index (χ3n) is 1.64. The number of hydrogen-bond acceptors (Lipinski definition) is 3. The fraction of sp³-hybridized carbons (Fsp3) is 0.444. The smallest absolute Gasteiger partial charge is 0.188 e. The zero-order valence-electron chi connectivity index (χ0n) is 7.94. The summed E-state index contributed by atoms with van der Waals surface area (Å²) in [6.45, 7) is 1.17. The van der Waals surface area contributed by atoms with Crippen LogP contribution in [0.15, 0.2) is 22.5 Å². The Labute approximate surface area is 87.5 Å². The van der Waals surface area contributed by atoms with Gasteiger partial charge in [0.25, 0.3) is 0 Å². The molecular weight excluding hydrogens is 198 g/mol. The molecule has 5 heteroatoms. The summed E-state index contributed by atoms with van der Waals surface area (Å²) < 4.78 is 0. The van der Waals surface area contributed by atoms with E-state index in [4.69, 9.17) is 10.8 Å². The van der Waals surface area contributed by atoms with Gasteiger partial charge in [-0.25, -0.2) is 0 Å². The lowest BCUT2D eigenvalue weighted by Crippen LogP contribution is -2.33. The zero-order valence-corrected chi connectivity index (χ0v) is 8.76. The SMILES string of the molecule is NC(=NCCO)NCCc1cccs1. The van der Waals surface area contributed by atoms with Crippen molar-refractivity contribution in [1.82, 2.24) is 5.32 Å². The van der Waals surface area contributed by atoms with E-state index in [0.717, 1.165) is 13.0 Å². The molecule has 0 unspecified atom stereocenters. The second kappa shape index (κ2) is 6.39. The van der Waals surface area contributed by atoms with Gasteiger partial charge < -0.3 is 16.2 Å². The molecule has 0 aliphatic carbocycles. The number of thiophene rings is 1. The van der Waals surface area contributed by atoms with Crippen LogP contribution < -0.4 is 11.1 Å². The van der Waals surface area contributed by atoms with E-state index in [2.05, 4.69) is 21.8 Å².